The van der Waals surface area contributed by atoms with Gasteiger partial charge in [0.15, 0.2) is 0 Å². The minimum Gasteiger partial charge on any atom is -0.493 e. The van der Waals surface area contributed by atoms with E-state index in [1.165, 1.54) is 31.7 Å². The smallest absolute Gasteiger partial charge is 0.136 e. The van der Waals surface area contributed by atoms with Crippen LogP contribution in [0.2, 0.25) is 0 Å². The maximum atomic E-state index is 14.8. The number of rotatable bonds is 10. The second-order valence-corrected chi connectivity index (χ2v) is 8.13. The van der Waals surface area contributed by atoms with Crippen molar-refractivity contribution < 1.29 is 9.13 Å². The molecule has 1 fully saturated rings. The second-order valence-electron chi connectivity index (χ2n) is 8.13. The molecule has 0 amide bonds. The van der Waals surface area contributed by atoms with Crippen LogP contribution in [0.1, 0.15) is 44.1 Å². The maximum Gasteiger partial charge on any atom is 0.136 e. The van der Waals surface area contributed by atoms with Gasteiger partial charge in [-0.1, -0.05) is 25.0 Å². The Kier molecular flexibility index (Phi) is 6.14. The highest BCUT2D eigenvalue weighted by atomic mass is 19.1. The van der Waals surface area contributed by atoms with Crippen LogP contribution in [-0.4, -0.2) is 29.0 Å². The highest BCUT2D eigenvalue weighted by molar-refractivity contribution is 5.93. The molecule has 1 aliphatic rings. The standard InChI is InChI=1S/C24H30FN3O/c1-17-7-11-21-23(15-17)28(2)27-24(21)20-12-10-19(16-22(20)25)29-14-6-4-3-5-13-26-18-8-9-18/h7,10-12,15-16,18,26H,3-6,8-9,13-14H2,1-2H3. The number of nitrogens with zero attached hydrogens (tertiary/aromatic N) is 2. The van der Waals surface area contributed by atoms with Crippen LogP contribution < -0.4 is 10.1 Å². The molecule has 0 spiro atoms. The van der Waals surface area contributed by atoms with Gasteiger partial charge in [0.05, 0.1) is 12.1 Å². The van der Waals surface area contributed by atoms with Gasteiger partial charge in [0.1, 0.15) is 17.3 Å². The molecule has 1 heterocycles. The van der Waals surface area contributed by atoms with Crippen LogP contribution in [0.3, 0.4) is 0 Å². The molecule has 0 radical (unpaired) electrons. The molecule has 0 saturated heterocycles. The van der Waals surface area contributed by atoms with Gasteiger partial charge in [0.25, 0.3) is 0 Å². The van der Waals surface area contributed by atoms with E-state index in [-0.39, 0.29) is 5.82 Å². The Bertz CT molecular complexity index is 978. The van der Waals surface area contributed by atoms with Crippen molar-refractivity contribution in [3.8, 4) is 17.0 Å². The van der Waals surface area contributed by atoms with Gasteiger partial charge in [-0.05, 0) is 62.9 Å². The van der Waals surface area contributed by atoms with E-state index in [2.05, 4.69) is 16.5 Å². The quantitative estimate of drug-likeness (QED) is 0.469. The van der Waals surface area contributed by atoms with Crippen molar-refractivity contribution in [1.29, 1.82) is 0 Å². The first kappa shape index (κ1) is 19.9. The molecule has 4 rings (SSSR count). The van der Waals surface area contributed by atoms with Crippen LogP contribution in [0.4, 0.5) is 4.39 Å². The second kappa shape index (κ2) is 8.95. The van der Waals surface area contributed by atoms with Gasteiger partial charge in [-0.2, -0.15) is 5.10 Å². The van der Waals surface area contributed by atoms with Crippen LogP contribution in [0.5, 0.6) is 5.75 Å². The number of benzene rings is 2. The summed E-state index contributed by atoms with van der Waals surface area (Å²) in [5, 5.41) is 9.04. The first-order valence-electron chi connectivity index (χ1n) is 10.7. The minimum atomic E-state index is -0.297. The number of aromatic nitrogens is 2. The number of ether oxygens (including phenoxy) is 1. The van der Waals surface area contributed by atoms with E-state index in [9.17, 15) is 4.39 Å². The Labute approximate surface area is 172 Å². The van der Waals surface area contributed by atoms with Crippen molar-refractivity contribution >= 4 is 10.9 Å². The third-order valence-electron chi connectivity index (χ3n) is 5.55. The summed E-state index contributed by atoms with van der Waals surface area (Å²) in [6.45, 7) is 3.80. The molecule has 1 saturated carbocycles. The summed E-state index contributed by atoms with van der Waals surface area (Å²) in [7, 11) is 1.89. The average Bonchev–Trinajstić information content (AvgIpc) is 3.47. The minimum absolute atomic E-state index is 0.297. The molecule has 29 heavy (non-hydrogen) atoms. The third-order valence-corrected chi connectivity index (χ3v) is 5.55. The van der Waals surface area contributed by atoms with Crippen molar-refractivity contribution in [1.82, 2.24) is 15.1 Å². The summed E-state index contributed by atoms with van der Waals surface area (Å²) in [5.41, 5.74) is 3.35. The fourth-order valence-corrected chi connectivity index (χ4v) is 3.71. The van der Waals surface area contributed by atoms with Crippen LogP contribution in [0, 0.1) is 12.7 Å². The van der Waals surface area contributed by atoms with Crippen LogP contribution in [-0.2, 0) is 7.05 Å². The lowest BCUT2D eigenvalue weighted by molar-refractivity contribution is 0.303. The van der Waals surface area contributed by atoms with Crippen molar-refractivity contribution in [2.45, 2.75) is 51.5 Å². The molecule has 0 aliphatic heterocycles. The summed E-state index contributed by atoms with van der Waals surface area (Å²) in [6.07, 6.45) is 7.27. The molecule has 154 valence electrons. The molecule has 3 aromatic rings. The first-order chi connectivity index (χ1) is 14.1. The molecule has 0 bridgehead atoms. The molecule has 5 heteroatoms. The van der Waals surface area contributed by atoms with E-state index in [0.29, 0.717) is 23.6 Å². The molecular weight excluding hydrogens is 365 g/mol. The zero-order valence-corrected chi connectivity index (χ0v) is 17.4. The zero-order chi connectivity index (χ0) is 20.2. The predicted octanol–water partition coefficient (Wildman–Crippen LogP) is 5.38. The number of aryl methyl sites for hydroxylation is 2. The van der Waals surface area contributed by atoms with Crippen molar-refractivity contribution in [3.63, 3.8) is 0 Å². The number of unbranched alkanes of at least 4 members (excludes halogenated alkanes) is 3. The van der Waals surface area contributed by atoms with Gasteiger partial charge in [0.2, 0.25) is 0 Å². The number of halogens is 1. The lowest BCUT2D eigenvalue weighted by atomic mass is 10.1. The van der Waals surface area contributed by atoms with Crippen molar-refractivity contribution in [2.24, 2.45) is 7.05 Å². The highest BCUT2D eigenvalue weighted by Gasteiger charge is 2.19. The molecule has 0 atom stereocenters. The first-order valence-corrected chi connectivity index (χ1v) is 10.7. The third kappa shape index (κ3) is 4.96. The SMILES string of the molecule is Cc1ccc2c(-c3ccc(OCCCCCCNC4CC4)cc3F)nn(C)c2c1. The van der Waals surface area contributed by atoms with Gasteiger partial charge in [-0.25, -0.2) is 4.39 Å². The molecule has 4 nitrogen and oxygen atoms in total. The largest absolute Gasteiger partial charge is 0.493 e. The molecular formula is C24H30FN3O. The summed E-state index contributed by atoms with van der Waals surface area (Å²) in [6, 6.07) is 12.0. The number of nitrogens with one attached hydrogen (secondary N) is 1. The van der Waals surface area contributed by atoms with Crippen molar-refractivity contribution in [2.75, 3.05) is 13.2 Å². The van der Waals surface area contributed by atoms with E-state index in [1.54, 1.807) is 6.07 Å². The Hall–Kier alpha value is -2.40. The van der Waals surface area contributed by atoms with Crippen molar-refractivity contribution in [3.05, 3.63) is 47.8 Å². The Balaban J connectivity index is 1.31. The number of fused-ring (bicyclic) bond motifs is 1. The van der Waals surface area contributed by atoms with Gasteiger partial charge < -0.3 is 10.1 Å². The average molecular weight is 396 g/mol. The van der Waals surface area contributed by atoms with E-state index in [1.807, 2.05) is 36.9 Å². The van der Waals surface area contributed by atoms with Gasteiger partial charge in [0, 0.05) is 30.1 Å². The van der Waals surface area contributed by atoms with E-state index in [4.69, 9.17) is 4.74 Å². The predicted molar refractivity (Wildman–Crippen MR) is 116 cm³/mol. The summed E-state index contributed by atoms with van der Waals surface area (Å²) < 4.78 is 22.4. The monoisotopic (exact) mass is 395 g/mol. The fourth-order valence-electron chi connectivity index (χ4n) is 3.71. The normalized spacial score (nSPS) is 13.9. The van der Waals surface area contributed by atoms with Gasteiger partial charge in [-0.15, -0.1) is 0 Å². The van der Waals surface area contributed by atoms with Crippen LogP contribution >= 0.6 is 0 Å². The van der Waals surface area contributed by atoms with Crippen LogP contribution in [0.15, 0.2) is 36.4 Å². The van der Waals surface area contributed by atoms with E-state index >= 15 is 0 Å². The van der Waals surface area contributed by atoms with E-state index in [0.717, 1.165) is 41.9 Å². The summed E-state index contributed by atoms with van der Waals surface area (Å²) in [4.78, 5) is 0. The zero-order valence-electron chi connectivity index (χ0n) is 17.4. The molecule has 1 aliphatic carbocycles. The Morgan fingerprint density at radius 2 is 1.93 bits per heavy atom. The maximum absolute atomic E-state index is 14.8. The lowest BCUT2D eigenvalue weighted by Gasteiger charge is -2.08. The van der Waals surface area contributed by atoms with Crippen LogP contribution in [0.25, 0.3) is 22.2 Å². The fraction of sp³-hybridized carbons (Fsp3) is 0.458. The highest BCUT2D eigenvalue weighted by Crippen LogP contribution is 2.31. The topological polar surface area (TPSA) is 39.1 Å². The molecule has 1 aromatic heterocycles. The van der Waals surface area contributed by atoms with E-state index < -0.39 is 0 Å². The Morgan fingerprint density at radius 3 is 2.72 bits per heavy atom. The van der Waals surface area contributed by atoms with Gasteiger partial charge in [-0.3, -0.25) is 4.68 Å². The molecule has 2 aromatic carbocycles. The lowest BCUT2D eigenvalue weighted by Crippen LogP contribution is -2.17. The molecule has 1 N–H and O–H groups in total. The molecule has 0 unspecified atom stereocenters. The number of hydrogen-bond acceptors (Lipinski definition) is 3. The Morgan fingerprint density at radius 1 is 1.10 bits per heavy atom. The number of hydrogen-bond donors (Lipinski definition) is 1. The summed E-state index contributed by atoms with van der Waals surface area (Å²) in [5.74, 6) is 0.284. The van der Waals surface area contributed by atoms with Gasteiger partial charge >= 0.3 is 0 Å². The summed E-state index contributed by atoms with van der Waals surface area (Å²) >= 11 is 0.